The van der Waals surface area contributed by atoms with Gasteiger partial charge in [0.15, 0.2) is 0 Å². The standard InChI is InChI=1S/C16H20F3N3O2/c1-3-10(2)14(22-13(23)8-24-9-16(17,18)19)15-20-11-6-4-5-7-12(11)21-15/h4-7,10,14H,3,8-9H2,1-2H3,(H,20,21)(H,22,23). The van der Waals surface area contributed by atoms with Gasteiger partial charge in [-0.05, 0) is 18.1 Å². The van der Waals surface area contributed by atoms with Gasteiger partial charge in [0.2, 0.25) is 5.91 Å². The lowest BCUT2D eigenvalue weighted by Crippen LogP contribution is -2.36. The molecular formula is C16H20F3N3O2. The highest BCUT2D eigenvalue weighted by atomic mass is 19.4. The number of H-pyrrole nitrogens is 1. The molecule has 5 nitrogen and oxygen atoms in total. The van der Waals surface area contributed by atoms with Crippen molar-refractivity contribution in [2.24, 2.45) is 5.92 Å². The number of imidazole rings is 1. The molecule has 1 heterocycles. The minimum absolute atomic E-state index is 0.0529. The molecule has 0 fully saturated rings. The van der Waals surface area contributed by atoms with Gasteiger partial charge in [-0.2, -0.15) is 13.2 Å². The van der Waals surface area contributed by atoms with E-state index in [1.54, 1.807) is 0 Å². The number of amides is 1. The third kappa shape index (κ3) is 4.95. The van der Waals surface area contributed by atoms with Crippen molar-refractivity contribution in [1.82, 2.24) is 15.3 Å². The first-order valence-electron chi connectivity index (χ1n) is 7.68. The molecule has 24 heavy (non-hydrogen) atoms. The molecule has 0 aliphatic carbocycles. The van der Waals surface area contributed by atoms with E-state index in [0.29, 0.717) is 5.82 Å². The van der Waals surface area contributed by atoms with Crippen molar-refractivity contribution in [3.8, 4) is 0 Å². The highest BCUT2D eigenvalue weighted by Gasteiger charge is 2.28. The largest absolute Gasteiger partial charge is 0.411 e. The Hall–Kier alpha value is -2.09. The highest BCUT2D eigenvalue weighted by Crippen LogP contribution is 2.24. The van der Waals surface area contributed by atoms with E-state index < -0.39 is 31.3 Å². The fraction of sp³-hybridized carbons (Fsp3) is 0.500. The number of benzene rings is 1. The predicted molar refractivity (Wildman–Crippen MR) is 83.3 cm³/mol. The lowest BCUT2D eigenvalue weighted by Gasteiger charge is -2.22. The first kappa shape index (κ1) is 18.3. The number of rotatable bonds is 7. The van der Waals surface area contributed by atoms with E-state index in [4.69, 9.17) is 0 Å². The molecule has 2 N–H and O–H groups in total. The lowest BCUT2D eigenvalue weighted by atomic mass is 9.98. The van der Waals surface area contributed by atoms with Crippen molar-refractivity contribution >= 4 is 16.9 Å². The van der Waals surface area contributed by atoms with Crippen LogP contribution < -0.4 is 5.32 Å². The summed E-state index contributed by atoms with van der Waals surface area (Å²) in [7, 11) is 0. The number of carbonyl (C=O) groups is 1. The molecule has 0 radical (unpaired) electrons. The summed E-state index contributed by atoms with van der Waals surface area (Å²) in [5.74, 6) is 0.0249. The van der Waals surface area contributed by atoms with Crippen LogP contribution in [0.4, 0.5) is 13.2 Å². The first-order chi connectivity index (χ1) is 11.3. The Kier molecular flexibility index (Phi) is 5.82. The average Bonchev–Trinajstić information content (AvgIpc) is 2.94. The average molecular weight is 343 g/mol. The molecule has 0 spiro atoms. The fourth-order valence-electron chi connectivity index (χ4n) is 2.31. The molecule has 2 rings (SSSR count). The van der Waals surface area contributed by atoms with Crippen LogP contribution in [0, 0.1) is 5.92 Å². The van der Waals surface area contributed by atoms with Gasteiger partial charge in [-0.15, -0.1) is 0 Å². The summed E-state index contributed by atoms with van der Waals surface area (Å²) in [4.78, 5) is 19.5. The predicted octanol–water partition coefficient (Wildman–Crippen LogP) is 3.35. The maximum atomic E-state index is 12.1. The van der Waals surface area contributed by atoms with Gasteiger partial charge in [0.1, 0.15) is 19.0 Å². The zero-order valence-electron chi connectivity index (χ0n) is 13.5. The van der Waals surface area contributed by atoms with E-state index in [-0.39, 0.29) is 5.92 Å². The van der Waals surface area contributed by atoms with Gasteiger partial charge < -0.3 is 15.0 Å². The number of nitrogens with one attached hydrogen (secondary N) is 2. The number of hydrogen-bond acceptors (Lipinski definition) is 3. The van der Waals surface area contributed by atoms with Gasteiger partial charge in [-0.25, -0.2) is 4.98 Å². The molecule has 0 aliphatic heterocycles. The van der Waals surface area contributed by atoms with Crippen LogP contribution in [-0.2, 0) is 9.53 Å². The summed E-state index contributed by atoms with van der Waals surface area (Å²) in [6, 6.07) is 7.01. The molecule has 1 aromatic carbocycles. The number of aromatic nitrogens is 2. The normalized spacial score (nSPS) is 14.5. The summed E-state index contributed by atoms with van der Waals surface area (Å²) in [5, 5.41) is 2.71. The second kappa shape index (κ2) is 7.65. The number of nitrogens with zero attached hydrogens (tertiary/aromatic N) is 1. The van der Waals surface area contributed by atoms with E-state index >= 15 is 0 Å². The first-order valence-corrected chi connectivity index (χ1v) is 7.68. The zero-order valence-corrected chi connectivity index (χ0v) is 13.5. The van der Waals surface area contributed by atoms with Crippen LogP contribution in [0.15, 0.2) is 24.3 Å². The lowest BCUT2D eigenvalue weighted by molar-refractivity contribution is -0.175. The number of halogens is 3. The minimum Gasteiger partial charge on any atom is -0.362 e. The van der Waals surface area contributed by atoms with Gasteiger partial charge in [0, 0.05) is 0 Å². The maximum absolute atomic E-state index is 12.1. The summed E-state index contributed by atoms with van der Waals surface area (Å²) in [6.07, 6.45) is -3.68. The van der Waals surface area contributed by atoms with Crippen LogP contribution in [0.2, 0.25) is 0 Å². The second-order valence-corrected chi connectivity index (χ2v) is 5.68. The Balaban J connectivity index is 2.07. The molecule has 0 aliphatic rings. The quantitative estimate of drug-likeness (QED) is 0.810. The second-order valence-electron chi connectivity index (χ2n) is 5.68. The molecule has 8 heteroatoms. The van der Waals surface area contributed by atoms with Gasteiger partial charge in [-0.1, -0.05) is 32.4 Å². The van der Waals surface area contributed by atoms with Crippen LogP contribution in [0.25, 0.3) is 11.0 Å². The number of ether oxygens (including phenoxy) is 1. The van der Waals surface area contributed by atoms with E-state index in [0.717, 1.165) is 17.5 Å². The van der Waals surface area contributed by atoms with Gasteiger partial charge in [0.05, 0.1) is 17.1 Å². The number of para-hydroxylation sites is 2. The van der Waals surface area contributed by atoms with Crippen LogP contribution in [-0.4, -0.2) is 35.3 Å². The van der Waals surface area contributed by atoms with Crippen LogP contribution in [0.5, 0.6) is 0 Å². The monoisotopic (exact) mass is 343 g/mol. The van der Waals surface area contributed by atoms with Crippen molar-refractivity contribution < 1.29 is 22.7 Å². The van der Waals surface area contributed by atoms with Crippen molar-refractivity contribution in [1.29, 1.82) is 0 Å². The van der Waals surface area contributed by atoms with E-state index in [1.807, 2.05) is 38.1 Å². The molecule has 2 aromatic rings. The maximum Gasteiger partial charge on any atom is 0.411 e. The van der Waals surface area contributed by atoms with E-state index in [9.17, 15) is 18.0 Å². The molecule has 2 unspecified atom stereocenters. The van der Waals surface area contributed by atoms with Gasteiger partial charge in [0.25, 0.3) is 0 Å². The third-order valence-corrected chi connectivity index (χ3v) is 3.73. The zero-order chi connectivity index (χ0) is 17.7. The molecule has 0 saturated carbocycles. The Morgan fingerprint density at radius 1 is 1.38 bits per heavy atom. The Labute approximate surface area is 137 Å². The number of aromatic amines is 1. The Morgan fingerprint density at radius 3 is 2.71 bits per heavy atom. The fourth-order valence-corrected chi connectivity index (χ4v) is 2.31. The molecular weight excluding hydrogens is 323 g/mol. The molecule has 0 bridgehead atoms. The number of fused-ring (bicyclic) bond motifs is 1. The number of hydrogen-bond donors (Lipinski definition) is 2. The topological polar surface area (TPSA) is 67.0 Å². The Bertz CT molecular complexity index is 652. The summed E-state index contributed by atoms with van der Waals surface area (Å²) in [5.41, 5.74) is 1.60. The summed E-state index contributed by atoms with van der Waals surface area (Å²) < 4.78 is 40.6. The minimum atomic E-state index is -4.45. The molecule has 1 amide bonds. The van der Waals surface area contributed by atoms with E-state index in [1.165, 1.54) is 0 Å². The summed E-state index contributed by atoms with van der Waals surface area (Å²) >= 11 is 0. The smallest absolute Gasteiger partial charge is 0.362 e. The van der Waals surface area contributed by atoms with Crippen molar-refractivity contribution in [3.05, 3.63) is 30.1 Å². The van der Waals surface area contributed by atoms with Gasteiger partial charge in [-0.3, -0.25) is 4.79 Å². The summed E-state index contributed by atoms with van der Waals surface area (Å²) in [6.45, 7) is 1.81. The van der Waals surface area contributed by atoms with Crippen molar-refractivity contribution in [2.45, 2.75) is 32.5 Å². The Morgan fingerprint density at radius 2 is 2.08 bits per heavy atom. The number of carbonyl (C=O) groups excluding carboxylic acids is 1. The SMILES string of the molecule is CCC(C)C(NC(=O)COCC(F)(F)F)c1nc2ccccc2[nH]1. The van der Waals surface area contributed by atoms with Gasteiger partial charge >= 0.3 is 6.18 Å². The van der Waals surface area contributed by atoms with Crippen LogP contribution in [0.1, 0.15) is 32.1 Å². The molecule has 132 valence electrons. The van der Waals surface area contributed by atoms with Crippen LogP contribution in [0.3, 0.4) is 0 Å². The molecule has 1 aromatic heterocycles. The van der Waals surface area contributed by atoms with Crippen LogP contribution >= 0.6 is 0 Å². The molecule has 2 atom stereocenters. The van der Waals surface area contributed by atoms with Crippen molar-refractivity contribution in [2.75, 3.05) is 13.2 Å². The third-order valence-electron chi connectivity index (χ3n) is 3.73. The molecule has 0 saturated heterocycles. The number of alkyl halides is 3. The van der Waals surface area contributed by atoms with Crippen molar-refractivity contribution in [3.63, 3.8) is 0 Å². The highest BCUT2D eigenvalue weighted by molar-refractivity contribution is 5.78. The van der Waals surface area contributed by atoms with E-state index in [2.05, 4.69) is 20.0 Å².